The zero-order valence-corrected chi connectivity index (χ0v) is 11.7. The van der Waals surface area contributed by atoms with Crippen molar-refractivity contribution in [2.75, 3.05) is 6.54 Å². The van der Waals surface area contributed by atoms with Crippen molar-refractivity contribution in [1.82, 2.24) is 5.32 Å². The van der Waals surface area contributed by atoms with E-state index in [2.05, 4.69) is 11.4 Å². The van der Waals surface area contributed by atoms with Gasteiger partial charge in [-0.1, -0.05) is 24.4 Å². The van der Waals surface area contributed by atoms with Gasteiger partial charge in [0.2, 0.25) is 0 Å². The normalized spacial score (nSPS) is 30.2. The molecule has 1 aliphatic carbocycles. The molecule has 1 N–H and O–H groups in total. The molecule has 1 saturated carbocycles. The average Bonchev–Trinajstić information content (AvgIpc) is 3.09. The highest BCUT2D eigenvalue weighted by atomic mass is 35.5. The Hall–Kier alpha value is -0.0500. The first-order chi connectivity index (χ1) is 8.28. The van der Waals surface area contributed by atoms with E-state index in [1.807, 2.05) is 6.07 Å². The first-order valence-electron chi connectivity index (χ1n) is 6.78. The highest BCUT2D eigenvalue weighted by Gasteiger charge is 2.44. The van der Waals surface area contributed by atoms with E-state index in [-0.39, 0.29) is 0 Å². The SMILES string of the molecule is Clc1ccc(CC2(C3CC3)CCCCCN2)s1. The van der Waals surface area contributed by atoms with Crippen LogP contribution in [0.5, 0.6) is 0 Å². The zero-order valence-electron chi connectivity index (χ0n) is 10.2. The minimum Gasteiger partial charge on any atom is -0.311 e. The van der Waals surface area contributed by atoms with Crippen molar-refractivity contribution in [1.29, 1.82) is 0 Å². The smallest absolute Gasteiger partial charge is 0.0931 e. The summed E-state index contributed by atoms with van der Waals surface area (Å²) in [6, 6.07) is 4.25. The Balaban J connectivity index is 1.78. The molecule has 17 heavy (non-hydrogen) atoms. The second-order valence-electron chi connectivity index (χ2n) is 5.55. The number of hydrogen-bond donors (Lipinski definition) is 1. The molecule has 0 bridgehead atoms. The molecule has 1 nitrogen and oxygen atoms in total. The van der Waals surface area contributed by atoms with Crippen LogP contribution in [0.4, 0.5) is 0 Å². The van der Waals surface area contributed by atoms with E-state index in [9.17, 15) is 0 Å². The van der Waals surface area contributed by atoms with Crippen LogP contribution in [-0.2, 0) is 6.42 Å². The molecule has 1 aromatic heterocycles. The van der Waals surface area contributed by atoms with E-state index in [1.165, 1.54) is 56.4 Å². The molecule has 1 saturated heterocycles. The lowest BCUT2D eigenvalue weighted by Gasteiger charge is -2.34. The second kappa shape index (κ2) is 4.91. The van der Waals surface area contributed by atoms with Gasteiger partial charge >= 0.3 is 0 Å². The van der Waals surface area contributed by atoms with Gasteiger partial charge in [0.15, 0.2) is 0 Å². The van der Waals surface area contributed by atoms with E-state index in [1.54, 1.807) is 11.3 Å². The Labute approximate surface area is 113 Å². The van der Waals surface area contributed by atoms with Crippen molar-refractivity contribution in [3.63, 3.8) is 0 Å². The van der Waals surface area contributed by atoms with Gasteiger partial charge in [0.25, 0.3) is 0 Å². The molecule has 2 heterocycles. The van der Waals surface area contributed by atoms with Gasteiger partial charge in [-0.05, 0) is 50.3 Å². The summed E-state index contributed by atoms with van der Waals surface area (Å²) in [6.45, 7) is 1.20. The van der Waals surface area contributed by atoms with E-state index >= 15 is 0 Å². The van der Waals surface area contributed by atoms with Crippen LogP contribution in [0.25, 0.3) is 0 Å². The standard InChI is InChI=1S/C14H20ClNS/c15-13-7-6-12(17-13)10-14(11-4-5-11)8-2-1-3-9-16-14/h6-7,11,16H,1-5,8-10H2. The lowest BCUT2D eigenvalue weighted by molar-refractivity contribution is 0.272. The molecule has 0 aromatic carbocycles. The molecule has 1 unspecified atom stereocenters. The summed E-state index contributed by atoms with van der Waals surface area (Å²) >= 11 is 7.81. The molecule has 2 fully saturated rings. The third-order valence-electron chi connectivity index (χ3n) is 4.25. The van der Waals surface area contributed by atoms with Crippen molar-refractivity contribution in [2.45, 2.75) is 50.5 Å². The van der Waals surface area contributed by atoms with Crippen molar-refractivity contribution >= 4 is 22.9 Å². The second-order valence-corrected chi connectivity index (χ2v) is 7.35. The van der Waals surface area contributed by atoms with Gasteiger partial charge in [0.1, 0.15) is 0 Å². The average molecular weight is 270 g/mol. The predicted molar refractivity (Wildman–Crippen MR) is 75.0 cm³/mol. The van der Waals surface area contributed by atoms with Crippen LogP contribution in [0.15, 0.2) is 12.1 Å². The molecular formula is C14H20ClNS. The van der Waals surface area contributed by atoms with E-state index < -0.39 is 0 Å². The molecule has 3 heteroatoms. The molecule has 1 aromatic rings. The number of thiophene rings is 1. The van der Waals surface area contributed by atoms with Gasteiger partial charge < -0.3 is 5.32 Å². The summed E-state index contributed by atoms with van der Waals surface area (Å²) in [5.74, 6) is 0.918. The third-order valence-corrected chi connectivity index (χ3v) is 5.49. The Bertz CT molecular complexity index is 375. The molecular weight excluding hydrogens is 250 g/mol. The fraction of sp³-hybridized carbons (Fsp3) is 0.714. The van der Waals surface area contributed by atoms with Gasteiger partial charge in [-0.3, -0.25) is 0 Å². The quantitative estimate of drug-likeness (QED) is 0.865. The maximum atomic E-state index is 6.05. The Morgan fingerprint density at radius 3 is 2.88 bits per heavy atom. The van der Waals surface area contributed by atoms with Gasteiger partial charge in [-0.2, -0.15) is 0 Å². The number of rotatable bonds is 3. The zero-order chi connectivity index (χ0) is 11.7. The number of hydrogen-bond acceptors (Lipinski definition) is 2. The van der Waals surface area contributed by atoms with Crippen LogP contribution >= 0.6 is 22.9 Å². The van der Waals surface area contributed by atoms with Crippen molar-refractivity contribution < 1.29 is 0 Å². The lowest BCUT2D eigenvalue weighted by Crippen LogP contribution is -2.48. The molecule has 94 valence electrons. The van der Waals surface area contributed by atoms with Crippen LogP contribution in [0.1, 0.15) is 43.4 Å². The number of nitrogens with one attached hydrogen (secondary N) is 1. The predicted octanol–water partition coefficient (Wildman–Crippen LogP) is 4.26. The van der Waals surface area contributed by atoms with Gasteiger partial charge in [0, 0.05) is 16.8 Å². The monoisotopic (exact) mass is 269 g/mol. The maximum absolute atomic E-state index is 6.05. The first-order valence-corrected chi connectivity index (χ1v) is 7.97. The summed E-state index contributed by atoms with van der Waals surface area (Å²) in [5.41, 5.74) is 0.394. The topological polar surface area (TPSA) is 12.0 Å². The molecule has 0 spiro atoms. The molecule has 0 amide bonds. The Morgan fingerprint density at radius 1 is 1.29 bits per heavy atom. The molecule has 0 radical (unpaired) electrons. The Morgan fingerprint density at radius 2 is 2.18 bits per heavy atom. The van der Waals surface area contributed by atoms with Crippen molar-refractivity contribution in [3.8, 4) is 0 Å². The summed E-state index contributed by atoms with van der Waals surface area (Å²) in [5, 5.41) is 3.88. The summed E-state index contributed by atoms with van der Waals surface area (Å²) in [7, 11) is 0. The minimum absolute atomic E-state index is 0.394. The van der Waals surface area contributed by atoms with Crippen LogP contribution in [-0.4, -0.2) is 12.1 Å². The van der Waals surface area contributed by atoms with Crippen molar-refractivity contribution in [2.24, 2.45) is 5.92 Å². The highest BCUT2D eigenvalue weighted by molar-refractivity contribution is 7.16. The largest absolute Gasteiger partial charge is 0.311 e. The summed E-state index contributed by atoms with van der Waals surface area (Å²) in [6.07, 6.45) is 9.52. The van der Waals surface area contributed by atoms with E-state index in [0.29, 0.717) is 5.54 Å². The first kappa shape index (κ1) is 12.0. The molecule has 1 aliphatic heterocycles. The fourth-order valence-electron chi connectivity index (χ4n) is 3.21. The third kappa shape index (κ3) is 2.69. The van der Waals surface area contributed by atoms with Crippen LogP contribution < -0.4 is 5.32 Å². The lowest BCUT2D eigenvalue weighted by atomic mass is 9.84. The summed E-state index contributed by atoms with van der Waals surface area (Å²) in [4.78, 5) is 1.45. The van der Waals surface area contributed by atoms with Crippen molar-refractivity contribution in [3.05, 3.63) is 21.3 Å². The van der Waals surface area contributed by atoms with E-state index in [4.69, 9.17) is 11.6 Å². The maximum Gasteiger partial charge on any atom is 0.0931 e. The van der Waals surface area contributed by atoms with E-state index in [0.717, 1.165) is 10.3 Å². The molecule has 1 atom stereocenters. The summed E-state index contributed by atoms with van der Waals surface area (Å²) < 4.78 is 0.930. The highest BCUT2D eigenvalue weighted by Crippen LogP contribution is 2.45. The van der Waals surface area contributed by atoms with Gasteiger partial charge in [-0.15, -0.1) is 11.3 Å². The minimum atomic E-state index is 0.394. The molecule has 3 rings (SSSR count). The number of halogens is 1. The van der Waals surface area contributed by atoms with Gasteiger partial charge in [-0.25, -0.2) is 0 Å². The molecule has 2 aliphatic rings. The van der Waals surface area contributed by atoms with Crippen LogP contribution in [0, 0.1) is 5.92 Å². The fourth-order valence-corrected chi connectivity index (χ4v) is 4.42. The van der Waals surface area contributed by atoms with Crippen LogP contribution in [0.3, 0.4) is 0 Å². The van der Waals surface area contributed by atoms with Crippen LogP contribution in [0.2, 0.25) is 4.34 Å². The Kier molecular flexibility index (Phi) is 3.47. The van der Waals surface area contributed by atoms with Gasteiger partial charge in [0.05, 0.1) is 4.34 Å².